The number of nitrogens with one attached hydrogen (secondary N) is 1. The Morgan fingerprint density at radius 2 is 2.10 bits per heavy atom. The van der Waals surface area contributed by atoms with Gasteiger partial charge in [0.2, 0.25) is 0 Å². The molecule has 20 heavy (non-hydrogen) atoms. The number of pyridine rings is 1. The fraction of sp³-hybridized carbons (Fsp3) is 0.200. The number of aromatic nitrogens is 2. The lowest BCUT2D eigenvalue weighted by Gasteiger charge is -2.08. The minimum atomic E-state index is 0.804. The lowest BCUT2D eigenvalue weighted by Crippen LogP contribution is -2.13. The van der Waals surface area contributed by atoms with Crippen LogP contribution in [0.2, 0.25) is 0 Å². The number of fused-ring (bicyclic) bond motifs is 1. The van der Waals surface area contributed by atoms with Gasteiger partial charge in [0.15, 0.2) is 0 Å². The predicted octanol–water partition coefficient (Wildman–Crippen LogP) is 4.05. The van der Waals surface area contributed by atoms with Crippen LogP contribution in [0.4, 0.5) is 0 Å². The molecule has 0 aliphatic rings. The summed E-state index contributed by atoms with van der Waals surface area (Å²) in [5.41, 5.74) is 5.27. The normalized spacial score (nSPS) is 11.1. The first-order chi connectivity index (χ1) is 9.75. The summed E-state index contributed by atoms with van der Waals surface area (Å²) in [5, 5.41) is 4.63. The molecule has 0 amide bonds. The van der Waals surface area contributed by atoms with Crippen LogP contribution in [0, 0.1) is 6.92 Å². The van der Waals surface area contributed by atoms with Gasteiger partial charge in [-0.1, -0.05) is 28.1 Å². The molecule has 5 heteroatoms. The SMILES string of the molecule is Cc1ncsc1CNCc1ccc(Br)c2cccnc12. The smallest absolute Gasteiger partial charge is 0.0798 e. The Labute approximate surface area is 130 Å². The van der Waals surface area contributed by atoms with Crippen molar-refractivity contribution >= 4 is 38.2 Å². The fourth-order valence-corrected chi connectivity index (χ4v) is 3.34. The van der Waals surface area contributed by atoms with Crippen LogP contribution in [0.15, 0.2) is 40.4 Å². The van der Waals surface area contributed by atoms with Crippen molar-refractivity contribution in [3.63, 3.8) is 0 Å². The van der Waals surface area contributed by atoms with Gasteiger partial charge in [0.25, 0.3) is 0 Å². The highest BCUT2D eigenvalue weighted by Crippen LogP contribution is 2.25. The number of benzene rings is 1. The van der Waals surface area contributed by atoms with Crippen LogP contribution < -0.4 is 5.32 Å². The molecule has 0 fully saturated rings. The Morgan fingerprint density at radius 3 is 2.90 bits per heavy atom. The van der Waals surface area contributed by atoms with Gasteiger partial charge >= 0.3 is 0 Å². The molecule has 0 aliphatic heterocycles. The zero-order chi connectivity index (χ0) is 13.9. The maximum absolute atomic E-state index is 4.50. The van der Waals surface area contributed by atoms with Crippen molar-refractivity contribution in [2.45, 2.75) is 20.0 Å². The molecule has 0 saturated heterocycles. The first-order valence-corrected chi connectivity index (χ1v) is 8.05. The Morgan fingerprint density at radius 1 is 1.20 bits per heavy atom. The largest absolute Gasteiger partial charge is 0.308 e. The third-order valence-electron chi connectivity index (χ3n) is 3.25. The third-order valence-corrected chi connectivity index (χ3v) is 4.87. The Hall–Kier alpha value is -1.30. The fourth-order valence-electron chi connectivity index (χ4n) is 2.15. The van der Waals surface area contributed by atoms with Crippen molar-refractivity contribution in [1.82, 2.24) is 15.3 Å². The van der Waals surface area contributed by atoms with Crippen LogP contribution in [0.25, 0.3) is 10.9 Å². The molecule has 0 unspecified atom stereocenters. The number of hydrogen-bond acceptors (Lipinski definition) is 4. The van der Waals surface area contributed by atoms with Gasteiger partial charge in [-0.15, -0.1) is 11.3 Å². The van der Waals surface area contributed by atoms with E-state index in [-0.39, 0.29) is 0 Å². The molecule has 0 spiro atoms. The van der Waals surface area contributed by atoms with Gasteiger partial charge in [0.05, 0.1) is 16.7 Å². The summed E-state index contributed by atoms with van der Waals surface area (Å²) in [6.45, 7) is 3.70. The molecular weight excluding hydrogens is 334 g/mol. The van der Waals surface area contributed by atoms with E-state index < -0.39 is 0 Å². The van der Waals surface area contributed by atoms with E-state index in [1.165, 1.54) is 10.4 Å². The summed E-state index contributed by atoms with van der Waals surface area (Å²) in [6.07, 6.45) is 1.84. The molecule has 1 N–H and O–H groups in total. The summed E-state index contributed by atoms with van der Waals surface area (Å²) in [4.78, 5) is 10.1. The van der Waals surface area contributed by atoms with Crippen molar-refractivity contribution in [1.29, 1.82) is 0 Å². The van der Waals surface area contributed by atoms with Gasteiger partial charge in [-0.05, 0) is 24.6 Å². The van der Waals surface area contributed by atoms with Gasteiger partial charge in [0, 0.05) is 34.0 Å². The second-order valence-corrected chi connectivity index (χ2v) is 6.36. The lowest BCUT2D eigenvalue weighted by molar-refractivity contribution is 0.699. The van der Waals surface area contributed by atoms with E-state index in [0.717, 1.165) is 34.2 Å². The van der Waals surface area contributed by atoms with Crippen molar-refractivity contribution in [3.05, 3.63) is 56.6 Å². The van der Waals surface area contributed by atoms with Crippen LogP contribution in [0.1, 0.15) is 16.1 Å². The van der Waals surface area contributed by atoms with Crippen LogP contribution >= 0.6 is 27.3 Å². The number of thiazole rings is 1. The average molecular weight is 348 g/mol. The van der Waals surface area contributed by atoms with Crippen molar-refractivity contribution in [2.75, 3.05) is 0 Å². The Balaban J connectivity index is 1.78. The zero-order valence-corrected chi connectivity index (χ0v) is 13.5. The highest BCUT2D eigenvalue weighted by molar-refractivity contribution is 9.10. The molecular formula is C15H14BrN3S. The van der Waals surface area contributed by atoms with Gasteiger partial charge in [-0.25, -0.2) is 4.98 Å². The maximum atomic E-state index is 4.50. The summed E-state index contributed by atoms with van der Waals surface area (Å²) < 4.78 is 1.09. The number of rotatable bonds is 4. The molecule has 0 saturated carbocycles. The second kappa shape index (κ2) is 5.99. The molecule has 0 atom stereocenters. The molecule has 3 nitrogen and oxygen atoms in total. The monoisotopic (exact) mass is 347 g/mol. The molecule has 1 aromatic carbocycles. The Bertz CT molecular complexity index is 739. The zero-order valence-electron chi connectivity index (χ0n) is 11.1. The van der Waals surface area contributed by atoms with E-state index >= 15 is 0 Å². The van der Waals surface area contributed by atoms with E-state index in [1.54, 1.807) is 11.3 Å². The molecule has 2 aromatic heterocycles. The summed E-state index contributed by atoms with van der Waals surface area (Å²) in [6, 6.07) is 8.25. The molecule has 0 radical (unpaired) electrons. The maximum Gasteiger partial charge on any atom is 0.0798 e. The summed E-state index contributed by atoms with van der Waals surface area (Å²) in [5.74, 6) is 0. The summed E-state index contributed by atoms with van der Waals surface area (Å²) in [7, 11) is 0. The highest BCUT2D eigenvalue weighted by atomic mass is 79.9. The minimum absolute atomic E-state index is 0.804. The van der Waals surface area contributed by atoms with Crippen LogP contribution in [0.5, 0.6) is 0 Å². The molecule has 0 bridgehead atoms. The lowest BCUT2D eigenvalue weighted by atomic mass is 10.1. The van der Waals surface area contributed by atoms with E-state index in [2.05, 4.69) is 49.4 Å². The topological polar surface area (TPSA) is 37.8 Å². The van der Waals surface area contributed by atoms with Crippen molar-refractivity contribution in [2.24, 2.45) is 0 Å². The predicted molar refractivity (Wildman–Crippen MR) is 86.8 cm³/mol. The molecule has 3 aromatic rings. The number of hydrogen-bond donors (Lipinski definition) is 1. The third kappa shape index (κ3) is 2.75. The van der Waals surface area contributed by atoms with Gasteiger partial charge in [-0.2, -0.15) is 0 Å². The molecule has 102 valence electrons. The highest BCUT2D eigenvalue weighted by Gasteiger charge is 2.06. The summed E-state index contributed by atoms with van der Waals surface area (Å²) >= 11 is 5.27. The van der Waals surface area contributed by atoms with Gasteiger partial charge in [0.1, 0.15) is 0 Å². The van der Waals surface area contributed by atoms with E-state index in [1.807, 2.05) is 24.7 Å². The molecule has 3 rings (SSSR count). The second-order valence-electron chi connectivity index (χ2n) is 4.57. The van der Waals surface area contributed by atoms with Gasteiger partial charge in [-0.3, -0.25) is 4.98 Å². The standard InChI is InChI=1S/C15H14BrN3S/c1-10-14(20-9-19-10)8-17-7-11-4-5-13(16)12-3-2-6-18-15(11)12/h2-6,9,17H,7-8H2,1H3. The molecule has 2 heterocycles. The first kappa shape index (κ1) is 13.7. The number of halogens is 1. The van der Waals surface area contributed by atoms with Gasteiger partial charge < -0.3 is 5.32 Å². The van der Waals surface area contributed by atoms with Crippen LogP contribution in [-0.2, 0) is 13.1 Å². The van der Waals surface area contributed by atoms with E-state index in [9.17, 15) is 0 Å². The molecule has 0 aliphatic carbocycles. The number of aryl methyl sites for hydroxylation is 1. The van der Waals surface area contributed by atoms with Crippen LogP contribution in [-0.4, -0.2) is 9.97 Å². The van der Waals surface area contributed by atoms with Crippen molar-refractivity contribution in [3.8, 4) is 0 Å². The van der Waals surface area contributed by atoms with Crippen molar-refractivity contribution < 1.29 is 0 Å². The Kier molecular flexibility index (Phi) is 4.10. The minimum Gasteiger partial charge on any atom is -0.308 e. The van der Waals surface area contributed by atoms with E-state index in [0.29, 0.717) is 0 Å². The average Bonchev–Trinajstić information content (AvgIpc) is 2.87. The van der Waals surface area contributed by atoms with Crippen LogP contribution in [0.3, 0.4) is 0 Å². The van der Waals surface area contributed by atoms with E-state index in [4.69, 9.17) is 0 Å². The quantitative estimate of drug-likeness (QED) is 0.773. The first-order valence-electron chi connectivity index (χ1n) is 6.37. The number of nitrogens with zero attached hydrogens (tertiary/aromatic N) is 2.